The molecule has 2 aliphatic heterocycles. The maximum absolute atomic E-state index is 12.8. The fourth-order valence-corrected chi connectivity index (χ4v) is 3.32. The van der Waals surface area contributed by atoms with Crippen molar-refractivity contribution in [2.75, 3.05) is 39.1 Å². The number of ether oxygens (including phenoxy) is 1. The zero-order valence-electron chi connectivity index (χ0n) is 14.7. The van der Waals surface area contributed by atoms with Gasteiger partial charge in [-0.1, -0.05) is 0 Å². The lowest BCUT2D eigenvalue weighted by Gasteiger charge is -2.35. The van der Waals surface area contributed by atoms with Gasteiger partial charge in [0, 0.05) is 45.5 Å². The number of nitrogens with zero attached hydrogens (tertiary/aromatic N) is 4. The van der Waals surface area contributed by atoms with Gasteiger partial charge in [-0.3, -0.25) is 9.69 Å². The van der Waals surface area contributed by atoms with Crippen LogP contribution >= 0.6 is 0 Å². The molecule has 26 heavy (non-hydrogen) atoms. The molecule has 144 valence electrons. The maximum Gasteiger partial charge on any atom is 0.433 e. The number of hydrogen-bond donors (Lipinski definition) is 1. The van der Waals surface area contributed by atoms with Crippen LogP contribution in [-0.4, -0.2) is 77.7 Å². The van der Waals surface area contributed by atoms with E-state index in [-0.39, 0.29) is 30.0 Å². The van der Waals surface area contributed by atoms with Crippen LogP contribution in [0.5, 0.6) is 0 Å². The van der Waals surface area contributed by atoms with E-state index in [1.54, 1.807) is 14.1 Å². The summed E-state index contributed by atoms with van der Waals surface area (Å²) in [5, 5.41) is 2.99. The fraction of sp³-hybridized carbons (Fsp3) is 0.688. The highest BCUT2D eigenvalue weighted by atomic mass is 19.4. The quantitative estimate of drug-likeness (QED) is 0.856. The molecule has 2 aliphatic rings. The SMILES string of the molecule is CN(C)C(=O)C[C@H]1CN2C[C@H](Nc3nccc(C(F)(F)F)n3)C[C@H]2CO1. The molecule has 0 radical (unpaired) electrons. The zero-order chi connectivity index (χ0) is 18.9. The molecule has 10 heteroatoms. The third-order valence-corrected chi connectivity index (χ3v) is 4.67. The number of rotatable bonds is 4. The lowest BCUT2D eigenvalue weighted by molar-refractivity contribution is -0.141. The van der Waals surface area contributed by atoms with Gasteiger partial charge in [0.15, 0.2) is 0 Å². The molecule has 1 aromatic rings. The van der Waals surface area contributed by atoms with E-state index in [4.69, 9.17) is 4.74 Å². The highest BCUT2D eigenvalue weighted by Crippen LogP contribution is 2.29. The molecule has 7 nitrogen and oxygen atoms in total. The number of fused-ring (bicyclic) bond motifs is 1. The summed E-state index contributed by atoms with van der Waals surface area (Å²) in [6.45, 7) is 1.79. The molecule has 3 heterocycles. The normalized spacial score (nSPS) is 26.4. The summed E-state index contributed by atoms with van der Waals surface area (Å²) in [4.78, 5) is 23.0. The number of carbonyl (C=O) groups excluding carboxylic acids is 1. The van der Waals surface area contributed by atoms with Gasteiger partial charge in [-0.05, 0) is 12.5 Å². The number of carbonyl (C=O) groups is 1. The van der Waals surface area contributed by atoms with Crippen molar-refractivity contribution >= 4 is 11.9 Å². The van der Waals surface area contributed by atoms with Crippen LogP contribution in [0.2, 0.25) is 0 Å². The van der Waals surface area contributed by atoms with Crippen molar-refractivity contribution in [3.05, 3.63) is 18.0 Å². The first-order chi connectivity index (χ1) is 12.2. The van der Waals surface area contributed by atoms with E-state index in [1.807, 2.05) is 0 Å². The second kappa shape index (κ2) is 7.36. The number of alkyl halides is 3. The molecule has 1 aromatic heterocycles. The molecule has 0 aromatic carbocycles. The van der Waals surface area contributed by atoms with Crippen LogP contribution < -0.4 is 5.32 Å². The van der Waals surface area contributed by atoms with Crippen LogP contribution in [0.15, 0.2) is 12.3 Å². The Morgan fingerprint density at radius 2 is 2.19 bits per heavy atom. The third kappa shape index (κ3) is 4.42. The minimum absolute atomic E-state index is 0.0136. The summed E-state index contributed by atoms with van der Waals surface area (Å²) >= 11 is 0. The van der Waals surface area contributed by atoms with Gasteiger partial charge >= 0.3 is 6.18 Å². The summed E-state index contributed by atoms with van der Waals surface area (Å²) in [7, 11) is 3.41. The average molecular weight is 373 g/mol. The van der Waals surface area contributed by atoms with Gasteiger partial charge in [0.25, 0.3) is 0 Å². The topological polar surface area (TPSA) is 70.6 Å². The lowest BCUT2D eigenvalue weighted by atomic mass is 10.1. The second-order valence-corrected chi connectivity index (χ2v) is 6.90. The maximum atomic E-state index is 12.8. The van der Waals surface area contributed by atoms with Crippen LogP contribution in [-0.2, 0) is 15.7 Å². The molecular weight excluding hydrogens is 351 g/mol. The van der Waals surface area contributed by atoms with Crippen LogP contribution in [0.4, 0.5) is 19.1 Å². The van der Waals surface area contributed by atoms with Crippen molar-refractivity contribution < 1.29 is 22.7 Å². The van der Waals surface area contributed by atoms with Gasteiger partial charge in [0.2, 0.25) is 11.9 Å². The molecular formula is C16H22F3N5O2. The molecule has 0 spiro atoms. The Kier molecular flexibility index (Phi) is 5.33. The van der Waals surface area contributed by atoms with Crippen molar-refractivity contribution in [3.8, 4) is 0 Å². The summed E-state index contributed by atoms with van der Waals surface area (Å²) in [5.41, 5.74) is -0.962. The van der Waals surface area contributed by atoms with Gasteiger partial charge in [0.1, 0.15) is 5.69 Å². The smallest absolute Gasteiger partial charge is 0.375 e. The van der Waals surface area contributed by atoms with Crippen LogP contribution in [0, 0.1) is 0 Å². The summed E-state index contributed by atoms with van der Waals surface area (Å²) in [6.07, 6.45) is -2.50. The Morgan fingerprint density at radius 3 is 2.88 bits per heavy atom. The number of hydrogen-bond acceptors (Lipinski definition) is 6. The summed E-state index contributed by atoms with van der Waals surface area (Å²) < 4.78 is 44.0. The predicted octanol–water partition coefficient (Wildman–Crippen LogP) is 1.23. The second-order valence-electron chi connectivity index (χ2n) is 6.90. The van der Waals surface area contributed by atoms with Crippen LogP contribution in [0.1, 0.15) is 18.5 Å². The van der Waals surface area contributed by atoms with Crippen molar-refractivity contribution in [2.24, 2.45) is 0 Å². The van der Waals surface area contributed by atoms with E-state index in [0.717, 1.165) is 18.7 Å². The summed E-state index contributed by atoms with van der Waals surface area (Å²) in [5.74, 6) is -0.00962. The van der Waals surface area contributed by atoms with Crippen molar-refractivity contribution in [1.29, 1.82) is 0 Å². The Balaban J connectivity index is 1.57. The molecule has 0 unspecified atom stereocenters. The van der Waals surface area contributed by atoms with Crippen LogP contribution in [0.3, 0.4) is 0 Å². The van der Waals surface area contributed by atoms with Gasteiger partial charge in [-0.15, -0.1) is 0 Å². The minimum Gasteiger partial charge on any atom is -0.375 e. The Hall–Kier alpha value is -1.94. The number of morpholine rings is 1. The van der Waals surface area contributed by atoms with E-state index < -0.39 is 11.9 Å². The molecule has 3 atom stereocenters. The Bertz CT molecular complexity index is 655. The number of anilines is 1. The standard InChI is InChI=1S/C16H22F3N5O2/c1-23(2)14(25)6-12-8-24-7-10(5-11(24)9-26-12)21-15-20-4-3-13(22-15)16(17,18)19/h3-4,10-12H,5-9H2,1-2H3,(H,20,21,22)/t10-,11+,12+/m1/s1. The molecule has 2 saturated heterocycles. The van der Waals surface area contributed by atoms with E-state index in [2.05, 4.69) is 20.2 Å². The lowest BCUT2D eigenvalue weighted by Crippen LogP contribution is -2.47. The van der Waals surface area contributed by atoms with Crippen LogP contribution in [0.25, 0.3) is 0 Å². The van der Waals surface area contributed by atoms with E-state index >= 15 is 0 Å². The van der Waals surface area contributed by atoms with Crippen molar-refractivity contribution in [3.63, 3.8) is 0 Å². The Labute approximate surface area is 149 Å². The molecule has 0 saturated carbocycles. The first kappa shape index (κ1) is 18.8. The molecule has 0 bridgehead atoms. The molecule has 3 rings (SSSR count). The summed E-state index contributed by atoms with van der Waals surface area (Å²) in [6, 6.07) is 0.975. The minimum atomic E-state index is -4.49. The van der Waals surface area contributed by atoms with Gasteiger partial charge < -0.3 is 15.0 Å². The number of amides is 1. The molecule has 2 fully saturated rings. The van der Waals surface area contributed by atoms with Crippen molar-refractivity contribution in [1.82, 2.24) is 19.8 Å². The molecule has 1 N–H and O–H groups in total. The van der Waals surface area contributed by atoms with E-state index in [9.17, 15) is 18.0 Å². The van der Waals surface area contributed by atoms with Gasteiger partial charge in [-0.25, -0.2) is 9.97 Å². The fourth-order valence-electron chi connectivity index (χ4n) is 3.32. The highest BCUT2D eigenvalue weighted by molar-refractivity contribution is 5.76. The number of nitrogens with one attached hydrogen (secondary N) is 1. The van der Waals surface area contributed by atoms with E-state index in [1.165, 1.54) is 4.90 Å². The Morgan fingerprint density at radius 1 is 1.42 bits per heavy atom. The van der Waals surface area contributed by atoms with Gasteiger partial charge in [0.05, 0.1) is 19.1 Å². The van der Waals surface area contributed by atoms with E-state index in [0.29, 0.717) is 26.1 Å². The monoisotopic (exact) mass is 373 g/mol. The molecule has 1 amide bonds. The largest absolute Gasteiger partial charge is 0.433 e. The number of halogens is 3. The predicted molar refractivity (Wildman–Crippen MR) is 87.5 cm³/mol. The first-order valence-corrected chi connectivity index (χ1v) is 8.45. The van der Waals surface area contributed by atoms with Crippen molar-refractivity contribution in [2.45, 2.75) is 37.2 Å². The van der Waals surface area contributed by atoms with Gasteiger partial charge in [-0.2, -0.15) is 13.2 Å². The first-order valence-electron chi connectivity index (χ1n) is 8.45. The highest BCUT2D eigenvalue weighted by Gasteiger charge is 2.38. The zero-order valence-corrected chi connectivity index (χ0v) is 14.7. The molecule has 0 aliphatic carbocycles. The third-order valence-electron chi connectivity index (χ3n) is 4.67. The average Bonchev–Trinajstić information content (AvgIpc) is 2.95. The number of aromatic nitrogens is 2.